The monoisotopic (exact) mass is 617 g/mol. The molecule has 0 bridgehead atoms. The van der Waals surface area contributed by atoms with Crippen molar-refractivity contribution in [2.75, 3.05) is 88.6 Å². The number of nitrogens with zero attached hydrogens (tertiary/aromatic N) is 8. The summed E-state index contributed by atoms with van der Waals surface area (Å²) in [7, 11) is 1.99. The third-order valence-corrected chi connectivity index (χ3v) is 7.42. The second kappa shape index (κ2) is 13.5. The fourth-order valence-corrected chi connectivity index (χ4v) is 4.97. The van der Waals surface area contributed by atoms with E-state index in [1.165, 1.54) is 10.9 Å². The van der Waals surface area contributed by atoms with E-state index in [9.17, 15) is 22.8 Å². The molecule has 14 nitrogen and oxygen atoms in total. The lowest BCUT2D eigenvalue weighted by Crippen LogP contribution is -2.44. The van der Waals surface area contributed by atoms with Gasteiger partial charge < -0.3 is 30.9 Å². The first-order chi connectivity index (χ1) is 21.1. The van der Waals surface area contributed by atoms with Crippen LogP contribution in [0.15, 0.2) is 30.6 Å². The first kappa shape index (κ1) is 31.1. The SMILES string of the molecule is CN1CCN(c2ccc(-n3cc(C(=O)NCCCN4CCOCC4)nn3)cc2NC(=O)c2cnc(N)nc2C(F)(F)F)CC1. The Balaban J connectivity index is 1.34. The number of halogens is 3. The molecule has 4 N–H and O–H groups in total. The van der Waals surface area contributed by atoms with Gasteiger partial charge in [0.1, 0.15) is 0 Å². The number of anilines is 3. The number of nitrogen functional groups attached to an aromatic ring is 1. The molecule has 2 aliphatic heterocycles. The fourth-order valence-electron chi connectivity index (χ4n) is 4.97. The predicted molar refractivity (Wildman–Crippen MR) is 155 cm³/mol. The van der Waals surface area contributed by atoms with Crippen LogP contribution in [0.5, 0.6) is 0 Å². The third kappa shape index (κ3) is 7.59. The largest absolute Gasteiger partial charge is 0.434 e. The number of hydrogen-bond donors (Lipinski definition) is 3. The Labute approximate surface area is 251 Å². The van der Waals surface area contributed by atoms with Crippen molar-refractivity contribution in [3.63, 3.8) is 0 Å². The van der Waals surface area contributed by atoms with Gasteiger partial charge in [-0.05, 0) is 38.2 Å². The Morgan fingerprint density at radius 1 is 1.07 bits per heavy atom. The minimum absolute atomic E-state index is 0.0962. The van der Waals surface area contributed by atoms with E-state index in [0.29, 0.717) is 44.2 Å². The quantitative estimate of drug-likeness (QED) is 0.295. The smallest absolute Gasteiger partial charge is 0.379 e. The molecular formula is C27H34F3N11O3. The summed E-state index contributed by atoms with van der Waals surface area (Å²) in [6.07, 6.45) is -1.95. The fraction of sp³-hybridized carbons (Fsp3) is 0.481. The van der Waals surface area contributed by atoms with Crippen molar-refractivity contribution in [2.45, 2.75) is 12.6 Å². The van der Waals surface area contributed by atoms with Crippen LogP contribution in [-0.2, 0) is 10.9 Å². The van der Waals surface area contributed by atoms with Crippen molar-refractivity contribution in [2.24, 2.45) is 0 Å². The third-order valence-electron chi connectivity index (χ3n) is 7.42. The molecule has 0 unspecified atom stereocenters. The Morgan fingerprint density at radius 2 is 1.82 bits per heavy atom. The van der Waals surface area contributed by atoms with Crippen LogP contribution in [0.2, 0.25) is 0 Å². The van der Waals surface area contributed by atoms with Crippen molar-refractivity contribution in [3.05, 3.63) is 47.5 Å². The lowest BCUT2D eigenvalue weighted by atomic mass is 10.1. The molecule has 0 radical (unpaired) electrons. The molecule has 4 heterocycles. The minimum Gasteiger partial charge on any atom is -0.379 e. The highest BCUT2D eigenvalue weighted by molar-refractivity contribution is 6.07. The number of ether oxygens (including phenoxy) is 1. The maximum atomic E-state index is 13.7. The van der Waals surface area contributed by atoms with Gasteiger partial charge in [0.15, 0.2) is 11.4 Å². The highest BCUT2D eigenvalue weighted by atomic mass is 19.4. The van der Waals surface area contributed by atoms with Crippen LogP contribution < -0.4 is 21.3 Å². The normalized spacial score (nSPS) is 16.6. The molecule has 17 heteroatoms. The number of rotatable bonds is 9. The van der Waals surface area contributed by atoms with Gasteiger partial charge in [-0.1, -0.05) is 5.21 Å². The predicted octanol–water partition coefficient (Wildman–Crippen LogP) is 1.11. The number of morpholine rings is 1. The summed E-state index contributed by atoms with van der Waals surface area (Å²) in [5, 5.41) is 13.5. The maximum Gasteiger partial charge on any atom is 0.434 e. The van der Waals surface area contributed by atoms with E-state index < -0.39 is 29.3 Å². The zero-order chi connectivity index (χ0) is 31.3. The number of hydrogen-bond acceptors (Lipinski definition) is 11. The standard InChI is InChI=1S/C27H34F3N11O3/c1-38-7-9-40(10-8-38)22-4-3-18(15-20(22)34-24(42)19-16-33-26(31)35-23(19)27(28,29)30)41-17-21(36-37-41)25(43)32-5-2-6-39-11-13-44-14-12-39/h3-4,15-17H,2,5-14H2,1H3,(H,32,43)(H,34,42)(H2,31,33,35). The Hall–Kier alpha value is -4.35. The van der Waals surface area contributed by atoms with E-state index in [0.717, 1.165) is 45.3 Å². The summed E-state index contributed by atoms with van der Waals surface area (Å²) in [5.41, 5.74) is 4.55. The zero-order valence-corrected chi connectivity index (χ0v) is 24.2. The van der Waals surface area contributed by atoms with Crippen LogP contribution in [0.1, 0.15) is 33.0 Å². The number of nitrogens with one attached hydrogen (secondary N) is 2. The van der Waals surface area contributed by atoms with Gasteiger partial charge in [-0.2, -0.15) is 13.2 Å². The second-order valence-electron chi connectivity index (χ2n) is 10.5. The average Bonchev–Trinajstić information content (AvgIpc) is 3.50. The van der Waals surface area contributed by atoms with Crippen LogP contribution >= 0.6 is 0 Å². The average molecular weight is 618 g/mol. The number of benzene rings is 1. The van der Waals surface area contributed by atoms with E-state index in [1.807, 2.05) is 11.9 Å². The molecule has 2 aromatic heterocycles. The van der Waals surface area contributed by atoms with Gasteiger partial charge in [0.25, 0.3) is 11.8 Å². The lowest BCUT2D eigenvalue weighted by Gasteiger charge is -2.35. The molecule has 2 amide bonds. The second-order valence-corrected chi connectivity index (χ2v) is 10.5. The van der Waals surface area contributed by atoms with E-state index in [4.69, 9.17) is 10.5 Å². The molecule has 1 aromatic carbocycles. The summed E-state index contributed by atoms with van der Waals surface area (Å²) < 4.78 is 47.7. The van der Waals surface area contributed by atoms with Gasteiger partial charge in [0.05, 0.1) is 42.0 Å². The highest BCUT2D eigenvalue weighted by Gasteiger charge is 2.38. The lowest BCUT2D eigenvalue weighted by molar-refractivity contribution is -0.141. The molecule has 0 spiro atoms. The van der Waals surface area contributed by atoms with Crippen molar-refractivity contribution in [1.29, 1.82) is 0 Å². The first-order valence-electron chi connectivity index (χ1n) is 14.2. The van der Waals surface area contributed by atoms with Crippen molar-refractivity contribution >= 4 is 29.1 Å². The molecule has 5 rings (SSSR count). The summed E-state index contributed by atoms with van der Waals surface area (Å²) in [5.74, 6) is -2.04. The molecule has 44 heavy (non-hydrogen) atoms. The maximum absolute atomic E-state index is 13.7. The van der Waals surface area contributed by atoms with Gasteiger partial charge in [0, 0.05) is 52.0 Å². The van der Waals surface area contributed by atoms with E-state index in [-0.39, 0.29) is 17.3 Å². The summed E-state index contributed by atoms with van der Waals surface area (Å²) in [4.78, 5) is 39.2. The number of likely N-dealkylation sites (N-methyl/N-ethyl adjacent to an activating group) is 1. The van der Waals surface area contributed by atoms with E-state index in [1.54, 1.807) is 18.2 Å². The molecule has 3 aromatic rings. The summed E-state index contributed by atoms with van der Waals surface area (Å²) in [6, 6.07) is 5.04. The Kier molecular flexibility index (Phi) is 9.55. The molecule has 2 aliphatic rings. The number of aromatic nitrogens is 5. The van der Waals surface area contributed by atoms with Crippen molar-refractivity contribution in [1.82, 2.24) is 40.1 Å². The van der Waals surface area contributed by atoms with Crippen LogP contribution in [0.25, 0.3) is 5.69 Å². The molecule has 0 atom stereocenters. The topological polar surface area (TPSA) is 160 Å². The molecule has 2 fully saturated rings. The van der Waals surface area contributed by atoms with Crippen LogP contribution in [0.3, 0.4) is 0 Å². The summed E-state index contributed by atoms with van der Waals surface area (Å²) >= 11 is 0. The van der Waals surface area contributed by atoms with Crippen LogP contribution in [0.4, 0.5) is 30.5 Å². The summed E-state index contributed by atoms with van der Waals surface area (Å²) in [6.45, 7) is 7.26. The number of alkyl halides is 3. The number of carbonyl (C=O) groups is 2. The number of amides is 2. The number of nitrogens with two attached hydrogens (primary N) is 1. The zero-order valence-electron chi connectivity index (χ0n) is 24.2. The van der Waals surface area contributed by atoms with Crippen molar-refractivity contribution < 1.29 is 27.5 Å². The van der Waals surface area contributed by atoms with Gasteiger partial charge >= 0.3 is 6.18 Å². The van der Waals surface area contributed by atoms with Gasteiger partial charge in [0.2, 0.25) is 5.95 Å². The van der Waals surface area contributed by atoms with Crippen molar-refractivity contribution in [3.8, 4) is 5.69 Å². The van der Waals surface area contributed by atoms with E-state index >= 15 is 0 Å². The number of carbonyl (C=O) groups excluding carboxylic acids is 2. The molecule has 236 valence electrons. The van der Waals surface area contributed by atoms with Crippen LogP contribution in [-0.4, -0.2) is 119 Å². The molecule has 2 saturated heterocycles. The molecule has 0 saturated carbocycles. The first-order valence-corrected chi connectivity index (χ1v) is 14.2. The molecule has 0 aliphatic carbocycles. The van der Waals surface area contributed by atoms with Crippen LogP contribution in [0, 0.1) is 0 Å². The highest BCUT2D eigenvalue weighted by Crippen LogP contribution is 2.33. The molecular weight excluding hydrogens is 583 g/mol. The van der Waals surface area contributed by atoms with Gasteiger partial charge in [-0.3, -0.25) is 14.5 Å². The van der Waals surface area contributed by atoms with Gasteiger partial charge in [-0.15, -0.1) is 5.10 Å². The minimum atomic E-state index is -4.92. The Morgan fingerprint density at radius 3 is 2.55 bits per heavy atom. The number of piperazine rings is 1. The Bertz CT molecular complexity index is 1470. The van der Waals surface area contributed by atoms with Gasteiger partial charge in [-0.25, -0.2) is 14.6 Å². The van der Waals surface area contributed by atoms with E-state index in [2.05, 4.69) is 40.7 Å².